The van der Waals surface area contributed by atoms with Crippen molar-refractivity contribution in [2.45, 2.75) is 39.0 Å². The minimum atomic E-state index is -1.08. The maximum atomic E-state index is 14.4. The molecule has 0 unspecified atom stereocenters. The van der Waals surface area contributed by atoms with E-state index in [1.807, 2.05) is 42.5 Å². The second kappa shape index (κ2) is 11.5. The number of hydrogen-bond acceptors (Lipinski definition) is 8. The number of para-hydroxylation sites is 1. The van der Waals surface area contributed by atoms with E-state index in [4.69, 9.17) is 18.9 Å². The lowest BCUT2D eigenvalue weighted by Crippen LogP contribution is -2.43. The molecule has 0 amide bonds. The highest BCUT2D eigenvalue weighted by atomic mass is 16.5. The molecule has 8 nitrogen and oxygen atoms in total. The van der Waals surface area contributed by atoms with Crippen LogP contribution < -0.4 is 14.8 Å². The van der Waals surface area contributed by atoms with Gasteiger partial charge in [-0.05, 0) is 51.0 Å². The first kappa shape index (κ1) is 27.0. The number of ketones is 1. The maximum Gasteiger partial charge on any atom is 0.336 e. The summed E-state index contributed by atoms with van der Waals surface area (Å²) in [6.45, 7) is 5.56. The van der Waals surface area contributed by atoms with E-state index in [9.17, 15) is 14.4 Å². The summed E-state index contributed by atoms with van der Waals surface area (Å²) in [4.78, 5) is 40.9. The topological polar surface area (TPSA) is 100 Å². The van der Waals surface area contributed by atoms with Gasteiger partial charge >= 0.3 is 11.9 Å². The van der Waals surface area contributed by atoms with Gasteiger partial charge in [-0.3, -0.25) is 9.59 Å². The number of carbonyl (C=O) groups excluding carboxylic acids is 3. The molecule has 0 bridgehead atoms. The molecule has 8 heteroatoms. The highest BCUT2D eigenvalue weighted by molar-refractivity contribution is 6.13. The number of benzene rings is 2. The van der Waals surface area contributed by atoms with Crippen molar-refractivity contribution in [3.05, 3.63) is 82.2 Å². The predicted molar refractivity (Wildman–Crippen MR) is 141 cm³/mol. The van der Waals surface area contributed by atoms with Crippen molar-refractivity contribution >= 4 is 17.7 Å². The van der Waals surface area contributed by atoms with Crippen molar-refractivity contribution in [2.75, 3.05) is 27.4 Å². The zero-order chi connectivity index (χ0) is 27.4. The fourth-order valence-corrected chi connectivity index (χ4v) is 5.40. The smallest absolute Gasteiger partial charge is 0.336 e. The van der Waals surface area contributed by atoms with Crippen LogP contribution in [0.15, 0.2) is 71.1 Å². The summed E-state index contributed by atoms with van der Waals surface area (Å²) in [6.07, 6.45) is 0.371. The van der Waals surface area contributed by atoms with Gasteiger partial charge in [0.25, 0.3) is 0 Å². The number of ether oxygens (including phenoxy) is 4. The summed E-state index contributed by atoms with van der Waals surface area (Å²) in [5.74, 6) is -2.62. The van der Waals surface area contributed by atoms with Gasteiger partial charge in [-0.1, -0.05) is 30.3 Å². The number of allylic oxidation sites excluding steroid dienone is 3. The van der Waals surface area contributed by atoms with E-state index in [0.717, 1.165) is 5.56 Å². The van der Waals surface area contributed by atoms with Crippen molar-refractivity contribution in [3.63, 3.8) is 0 Å². The Labute approximate surface area is 222 Å². The number of dihydropyridines is 1. The molecule has 2 aromatic rings. The fourth-order valence-electron chi connectivity index (χ4n) is 5.40. The van der Waals surface area contributed by atoms with Crippen molar-refractivity contribution in [3.8, 4) is 11.5 Å². The summed E-state index contributed by atoms with van der Waals surface area (Å²) in [7, 11) is 3.12. The standard InChI is InChI=1S/C30H33NO7/c1-6-37-29(33)24-17(3)31-22-16-21(18-12-14-19(35-4)15-13-18)26(30(34)38-7-2)28(32)27(22)25(24)20-10-8-9-11-23(20)36-5/h8-15,21,25-26,31H,6-7,16H2,1-5H3/t21-,25-,26-/m1/s1. The Hall–Kier alpha value is -4.07. The average Bonchev–Trinajstić information content (AvgIpc) is 2.92. The highest BCUT2D eigenvalue weighted by Gasteiger charge is 2.49. The number of carbonyl (C=O) groups is 3. The summed E-state index contributed by atoms with van der Waals surface area (Å²) >= 11 is 0. The molecule has 0 saturated carbocycles. The monoisotopic (exact) mass is 519 g/mol. The van der Waals surface area contributed by atoms with Crippen LogP contribution in [-0.4, -0.2) is 45.2 Å². The zero-order valence-corrected chi connectivity index (χ0v) is 22.3. The molecule has 1 aliphatic heterocycles. The van der Waals surface area contributed by atoms with Crippen LogP contribution in [0, 0.1) is 5.92 Å². The van der Waals surface area contributed by atoms with Gasteiger partial charge in [0.05, 0.1) is 38.9 Å². The molecule has 1 aliphatic carbocycles. The molecule has 38 heavy (non-hydrogen) atoms. The highest BCUT2D eigenvalue weighted by Crippen LogP contribution is 2.49. The molecule has 3 atom stereocenters. The van der Waals surface area contributed by atoms with Gasteiger partial charge in [0.15, 0.2) is 5.78 Å². The van der Waals surface area contributed by atoms with Gasteiger partial charge < -0.3 is 24.3 Å². The minimum absolute atomic E-state index is 0.144. The molecule has 1 N–H and O–H groups in total. The van der Waals surface area contributed by atoms with Crippen LogP contribution in [0.1, 0.15) is 50.2 Å². The van der Waals surface area contributed by atoms with E-state index in [2.05, 4.69) is 5.32 Å². The van der Waals surface area contributed by atoms with Gasteiger partial charge in [0.2, 0.25) is 0 Å². The molecule has 1 heterocycles. The molecular weight excluding hydrogens is 486 g/mol. The molecule has 0 radical (unpaired) electrons. The number of rotatable bonds is 8. The predicted octanol–water partition coefficient (Wildman–Crippen LogP) is 4.42. The molecule has 0 spiro atoms. The quantitative estimate of drug-likeness (QED) is 0.404. The molecule has 4 rings (SSSR count). The first-order valence-electron chi connectivity index (χ1n) is 12.7. The molecule has 0 fully saturated rings. The van der Waals surface area contributed by atoms with Crippen LogP contribution in [0.3, 0.4) is 0 Å². The second-order valence-corrected chi connectivity index (χ2v) is 9.13. The maximum absolute atomic E-state index is 14.4. The fraction of sp³-hybridized carbons (Fsp3) is 0.367. The third kappa shape index (κ3) is 4.90. The van der Waals surface area contributed by atoms with Gasteiger partial charge in [-0.25, -0.2) is 4.79 Å². The molecular formula is C30H33NO7. The van der Waals surface area contributed by atoms with Crippen LogP contribution in [-0.2, 0) is 23.9 Å². The Morgan fingerprint density at radius 3 is 2.26 bits per heavy atom. The lowest BCUT2D eigenvalue weighted by Gasteiger charge is -2.39. The van der Waals surface area contributed by atoms with Crippen LogP contribution in [0.2, 0.25) is 0 Å². The largest absolute Gasteiger partial charge is 0.497 e. The van der Waals surface area contributed by atoms with Crippen molar-refractivity contribution < 1.29 is 33.3 Å². The van der Waals surface area contributed by atoms with E-state index in [-0.39, 0.29) is 19.0 Å². The number of hydrogen-bond donors (Lipinski definition) is 1. The normalized spacial score (nSPS) is 20.9. The van der Waals surface area contributed by atoms with Crippen molar-refractivity contribution in [1.82, 2.24) is 5.32 Å². The number of esters is 2. The Morgan fingerprint density at radius 2 is 1.63 bits per heavy atom. The molecule has 0 aromatic heterocycles. The van der Waals surface area contributed by atoms with E-state index >= 15 is 0 Å². The first-order chi connectivity index (χ1) is 18.4. The Bertz CT molecular complexity index is 1290. The third-order valence-electron chi connectivity index (χ3n) is 7.05. The van der Waals surface area contributed by atoms with Crippen LogP contribution in [0.4, 0.5) is 0 Å². The number of nitrogens with one attached hydrogen (secondary N) is 1. The van der Waals surface area contributed by atoms with E-state index in [1.165, 1.54) is 0 Å². The summed E-state index contributed by atoms with van der Waals surface area (Å²) in [5, 5.41) is 3.31. The Kier molecular flexibility index (Phi) is 8.20. The number of Topliss-reactive ketones (excluding diaryl/α,β-unsaturated/α-hetero) is 1. The van der Waals surface area contributed by atoms with E-state index < -0.39 is 29.7 Å². The van der Waals surface area contributed by atoms with E-state index in [0.29, 0.717) is 46.0 Å². The van der Waals surface area contributed by atoms with Gasteiger partial charge in [0.1, 0.15) is 17.4 Å². The lowest BCUT2D eigenvalue weighted by molar-refractivity contribution is -0.152. The van der Waals surface area contributed by atoms with Crippen LogP contribution in [0.5, 0.6) is 11.5 Å². The molecule has 2 aliphatic rings. The second-order valence-electron chi connectivity index (χ2n) is 9.13. The molecule has 0 saturated heterocycles. The number of methoxy groups -OCH3 is 2. The lowest BCUT2D eigenvalue weighted by atomic mass is 9.67. The average molecular weight is 520 g/mol. The van der Waals surface area contributed by atoms with Gasteiger partial charge in [0, 0.05) is 28.4 Å². The minimum Gasteiger partial charge on any atom is -0.497 e. The molecule has 2 aromatic carbocycles. The van der Waals surface area contributed by atoms with Gasteiger partial charge in [-0.15, -0.1) is 0 Å². The van der Waals surface area contributed by atoms with Crippen LogP contribution >= 0.6 is 0 Å². The van der Waals surface area contributed by atoms with Gasteiger partial charge in [-0.2, -0.15) is 0 Å². The summed E-state index contributed by atoms with van der Waals surface area (Å²) < 4.78 is 21.7. The Morgan fingerprint density at radius 1 is 0.947 bits per heavy atom. The van der Waals surface area contributed by atoms with Crippen molar-refractivity contribution in [2.24, 2.45) is 5.92 Å². The Balaban J connectivity index is 1.91. The van der Waals surface area contributed by atoms with E-state index in [1.54, 1.807) is 41.1 Å². The van der Waals surface area contributed by atoms with Crippen molar-refractivity contribution in [1.29, 1.82) is 0 Å². The zero-order valence-electron chi connectivity index (χ0n) is 22.3. The van der Waals surface area contributed by atoms with Crippen LogP contribution in [0.25, 0.3) is 0 Å². The third-order valence-corrected chi connectivity index (χ3v) is 7.05. The first-order valence-corrected chi connectivity index (χ1v) is 12.7. The summed E-state index contributed by atoms with van der Waals surface area (Å²) in [5.41, 5.74) is 3.38. The summed E-state index contributed by atoms with van der Waals surface area (Å²) in [6, 6.07) is 14.6. The SMILES string of the molecule is CCOC(=O)C1=C(C)NC2=C(C(=O)[C@H](C(=O)OCC)[C@@H](c3ccc(OC)cc3)C2)[C@@H]1c1ccccc1OC. The molecule has 200 valence electrons.